The number of hydrogen-bond acceptors (Lipinski definition) is 9. The van der Waals surface area contributed by atoms with Gasteiger partial charge < -0.3 is 21.0 Å². The fourth-order valence-electron chi connectivity index (χ4n) is 6.20. The lowest BCUT2D eigenvalue weighted by Gasteiger charge is -2.40. The lowest BCUT2D eigenvalue weighted by molar-refractivity contribution is -0.137. The second-order valence-corrected chi connectivity index (χ2v) is 14.5. The number of hydrazone groups is 1. The molecule has 1 fully saturated rings. The minimum atomic E-state index is -4.13. The molecule has 1 aliphatic heterocycles. The van der Waals surface area contributed by atoms with Crippen LogP contribution in [0.1, 0.15) is 48.8 Å². The second kappa shape index (κ2) is 14.6. The highest BCUT2D eigenvalue weighted by Gasteiger charge is 2.39. The van der Waals surface area contributed by atoms with Crippen molar-refractivity contribution in [3.8, 4) is 0 Å². The molecule has 1 amide bonds. The number of hydrogen-bond donors (Lipinski definition) is 3. The van der Waals surface area contributed by atoms with Gasteiger partial charge >= 0.3 is 0 Å². The Morgan fingerprint density at radius 2 is 1.87 bits per heavy atom. The Balaban J connectivity index is 1.43. The largest absolute Gasteiger partial charge is 0.377 e. The SMILES string of the molecule is CC(C(=O)c1nc2ccccc2s1)C1CCCCN1C(=O)C(CCCNC=NN)NS(=O)(=O)c1cccc2c(N(C)C)cccc12. The van der Waals surface area contributed by atoms with E-state index in [9.17, 15) is 18.0 Å². The first kappa shape index (κ1) is 33.3. The molecule has 1 aromatic heterocycles. The Bertz CT molecular complexity index is 1810. The zero-order valence-corrected chi connectivity index (χ0v) is 28.0. The van der Waals surface area contributed by atoms with E-state index < -0.39 is 22.0 Å². The molecule has 2 heterocycles. The second-order valence-electron chi connectivity index (χ2n) is 11.8. The number of carbonyl (C=O) groups is 2. The number of nitrogens with zero attached hydrogens (tertiary/aromatic N) is 4. The van der Waals surface area contributed by atoms with Gasteiger partial charge in [0.2, 0.25) is 15.9 Å². The molecule has 1 saturated heterocycles. The highest BCUT2D eigenvalue weighted by molar-refractivity contribution is 7.89. The van der Waals surface area contributed by atoms with Crippen LogP contribution in [-0.4, -0.2) is 75.6 Å². The van der Waals surface area contributed by atoms with Crippen molar-refractivity contribution in [1.82, 2.24) is 19.9 Å². The van der Waals surface area contributed by atoms with Gasteiger partial charge in [0.1, 0.15) is 12.4 Å². The number of para-hydroxylation sites is 1. The van der Waals surface area contributed by atoms with Crippen molar-refractivity contribution in [2.24, 2.45) is 16.9 Å². The van der Waals surface area contributed by atoms with Crippen LogP contribution in [-0.2, 0) is 14.8 Å². The Morgan fingerprint density at radius 3 is 2.63 bits per heavy atom. The van der Waals surface area contributed by atoms with Crippen molar-refractivity contribution in [2.45, 2.75) is 56.0 Å². The predicted molar refractivity (Wildman–Crippen MR) is 185 cm³/mol. The average Bonchev–Trinajstić information content (AvgIpc) is 3.50. The van der Waals surface area contributed by atoms with Gasteiger partial charge in [-0.3, -0.25) is 9.59 Å². The predicted octanol–water partition coefficient (Wildman–Crippen LogP) is 4.33. The number of aromatic nitrogens is 1. The number of nitrogens with one attached hydrogen (secondary N) is 2. The van der Waals surface area contributed by atoms with Gasteiger partial charge in [-0.2, -0.15) is 9.82 Å². The fourth-order valence-corrected chi connectivity index (χ4v) is 8.65. The molecule has 4 N–H and O–H groups in total. The summed E-state index contributed by atoms with van der Waals surface area (Å²) in [4.78, 5) is 36.4. The Morgan fingerprint density at radius 1 is 1.11 bits per heavy atom. The van der Waals surface area contributed by atoms with Gasteiger partial charge in [0, 0.05) is 55.6 Å². The molecule has 1 aliphatic rings. The van der Waals surface area contributed by atoms with Crippen molar-refractivity contribution >= 4 is 66.1 Å². The Kier molecular flexibility index (Phi) is 10.5. The number of thiazole rings is 1. The van der Waals surface area contributed by atoms with Gasteiger partial charge in [0.25, 0.3) is 0 Å². The summed E-state index contributed by atoms with van der Waals surface area (Å²) < 4.78 is 31.8. The molecule has 4 aromatic rings. The Hall–Kier alpha value is -4.07. The van der Waals surface area contributed by atoms with Crippen molar-refractivity contribution in [3.63, 3.8) is 0 Å². The first-order valence-corrected chi connectivity index (χ1v) is 17.8. The van der Waals surface area contributed by atoms with E-state index in [1.54, 1.807) is 23.1 Å². The summed E-state index contributed by atoms with van der Waals surface area (Å²) >= 11 is 1.35. The standard InChI is InChI=1S/C33H41N7O4S2/c1-22(31(41)32-37-25-13-4-5-17-29(25)45-32)27-15-6-7-20-40(27)33(42)26(14-10-19-35-21-36-34)38-46(43,44)30-18-9-11-23-24(30)12-8-16-28(23)39(2)3/h4-5,8-9,11-13,16-18,21-22,26-27,38H,6-7,10,14-15,19-20,34H2,1-3H3,(H,35,36). The van der Waals surface area contributed by atoms with E-state index in [1.165, 1.54) is 17.7 Å². The van der Waals surface area contributed by atoms with Crippen LogP contribution in [0.5, 0.6) is 0 Å². The summed E-state index contributed by atoms with van der Waals surface area (Å²) in [7, 11) is -0.316. The highest BCUT2D eigenvalue weighted by Crippen LogP contribution is 2.32. The summed E-state index contributed by atoms with van der Waals surface area (Å²) in [5.41, 5.74) is 1.66. The molecular formula is C33H41N7O4S2. The molecule has 13 heteroatoms. The van der Waals surface area contributed by atoms with Gasteiger partial charge in [-0.1, -0.05) is 43.3 Å². The molecule has 3 unspecified atom stereocenters. The molecule has 11 nitrogen and oxygen atoms in total. The van der Waals surface area contributed by atoms with Crippen molar-refractivity contribution in [2.75, 3.05) is 32.1 Å². The maximum Gasteiger partial charge on any atom is 0.241 e. The molecule has 0 saturated carbocycles. The van der Waals surface area contributed by atoms with E-state index in [4.69, 9.17) is 5.84 Å². The number of benzene rings is 3. The van der Waals surface area contributed by atoms with Crippen LogP contribution in [0.15, 0.2) is 70.7 Å². The minimum Gasteiger partial charge on any atom is -0.377 e. The third-order valence-corrected chi connectivity index (χ3v) is 11.1. The summed E-state index contributed by atoms with van der Waals surface area (Å²) in [5, 5.41) is 8.15. The number of likely N-dealkylation sites (tertiary alicyclic amines) is 1. The molecule has 3 atom stereocenters. The number of piperidine rings is 1. The molecule has 244 valence electrons. The fraction of sp³-hybridized carbons (Fsp3) is 0.394. The van der Waals surface area contributed by atoms with Crippen molar-refractivity contribution in [1.29, 1.82) is 0 Å². The summed E-state index contributed by atoms with van der Waals surface area (Å²) in [6.07, 6.45) is 4.36. The molecule has 0 spiro atoms. The van der Waals surface area contributed by atoms with Gasteiger partial charge in [0.05, 0.1) is 15.1 Å². The molecule has 3 aromatic carbocycles. The number of sulfonamides is 1. The summed E-state index contributed by atoms with van der Waals surface area (Å²) in [6, 6.07) is 16.9. The van der Waals surface area contributed by atoms with Crippen LogP contribution in [0, 0.1) is 5.92 Å². The van der Waals surface area contributed by atoms with Gasteiger partial charge in [-0.25, -0.2) is 13.4 Å². The first-order valence-electron chi connectivity index (χ1n) is 15.5. The van der Waals surface area contributed by atoms with E-state index in [2.05, 4.69) is 20.1 Å². The monoisotopic (exact) mass is 663 g/mol. The zero-order valence-electron chi connectivity index (χ0n) is 26.3. The molecule has 0 aliphatic carbocycles. The number of rotatable bonds is 13. The lowest BCUT2D eigenvalue weighted by atomic mass is 9.88. The minimum absolute atomic E-state index is 0.106. The smallest absolute Gasteiger partial charge is 0.241 e. The molecule has 46 heavy (non-hydrogen) atoms. The quantitative estimate of drug-likeness (QED) is 0.0478. The zero-order chi connectivity index (χ0) is 32.8. The van der Waals surface area contributed by atoms with E-state index in [1.807, 2.05) is 68.4 Å². The maximum atomic E-state index is 14.4. The third kappa shape index (κ3) is 7.16. The van der Waals surface area contributed by atoms with Crippen LogP contribution in [0.4, 0.5) is 5.69 Å². The van der Waals surface area contributed by atoms with E-state index in [0.717, 1.165) is 34.1 Å². The maximum absolute atomic E-state index is 14.4. The van der Waals surface area contributed by atoms with Gasteiger partial charge in [-0.15, -0.1) is 11.3 Å². The van der Waals surface area contributed by atoms with Crippen LogP contribution >= 0.6 is 11.3 Å². The van der Waals surface area contributed by atoms with Crippen molar-refractivity contribution < 1.29 is 18.0 Å². The normalized spacial score (nSPS) is 16.9. The summed E-state index contributed by atoms with van der Waals surface area (Å²) in [5.74, 6) is 4.24. The number of Topliss-reactive ketones (excluding diaryl/α,β-unsaturated/α-hetero) is 1. The van der Waals surface area contributed by atoms with E-state index >= 15 is 0 Å². The topological polar surface area (TPSA) is 150 Å². The first-order chi connectivity index (χ1) is 22.1. The average molecular weight is 664 g/mol. The molecule has 5 rings (SSSR count). The molecular weight excluding hydrogens is 623 g/mol. The van der Waals surface area contributed by atoms with Gasteiger partial charge in [-0.05, 0) is 56.4 Å². The number of ketones is 1. The van der Waals surface area contributed by atoms with E-state index in [0.29, 0.717) is 36.3 Å². The van der Waals surface area contributed by atoms with Crippen LogP contribution in [0.25, 0.3) is 21.0 Å². The van der Waals surface area contributed by atoms with Gasteiger partial charge in [0.15, 0.2) is 10.8 Å². The Labute approximate surface area is 273 Å². The number of amides is 1. The van der Waals surface area contributed by atoms with Crippen LogP contribution < -0.4 is 20.8 Å². The van der Waals surface area contributed by atoms with E-state index in [-0.39, 0.29) is 29.0 Å². The third-order valence-electron chi connectivity index (χ3n) is 8.53. The molecule has 0 bridgehead atoms. The molecule has 0 radical (unpaired) electrons. The number of fused-ring (bicyclic) bond motifs is 2. The van der Waals surface area contributed by atoms with Crippen molar-refractivity contribution in [3.05, 3.63) is 65.7 Å². The van der Waals surface area contributed by atoms with Crippen LogP contribution in [0.2, 0.25) is 0 Å². The highest BCUT2D eigenvalue weighted by atomic mass is 32.2. The number of carbonyl (C=O) groups excluding carboxylic acids is 2. The number of nitrogens with two attached hydrogens (primary N) is 1. The summed E-state index contributed by atoms with van der Waals surface area (Å²) in [6.45, 7) is 2.73. The van der Waals surface area contributed by atoms with Crippen LogP contribution in [0.3, 0.4) is 0 Å². The lowest BCUT2D eigenvalue weighted by Crippen LogP contribution is -2.55. The number of anilines is 1.